The molecule has 1 aliphatic rings. The highest BCUT2D eigenvalue weighted by Gasteiger charge is 2.32. The van der Waals surface area contributed by atoms with Crippen LogP contribution in [-0.4, -0.2) is 35.6 Å². The molecule has 1 aromatic heterocycles. The average Bonchev–Trinajstić information content (AvgIpc) is 3.39. The van der Waals surface area contributed by atoms with Crippen molar-refractivity contribution in [2.75, 3.05) is 13.7 Å². The third-order valence-electron chi connectivity index (χ3n) is 4.81. The van der Waals surface area contributed by atoms with Crippen molar-refractivity contribution in [3.63, 3.8) is 0 Å². The van der Waals surface area contributed by atoms with E-state index in [1.165, 1.54) is 18.9 Å². The smallest absolute Gasteiger partial charge is 0.337 e. The zero-order valence-corrected chi connectivity index (χ0v) is 20.0. The normalized spacial score (nSPS) is 16.1. The maximum Gasteiger partial charge on any atom is 0.337 e. The molecule has 3 aromatic rings. The quantitative estimate of drug-likeness (QED) is 0.289. The van der Waals surface area contributed by atoms with Gasteiger partial charge in [0, 0.05) is 18.2 Å². The highest BCUT2D eigenvalue weighted by Crippen LogP contribution is 2.37. The second-order valence-corrected chi connectivity index (χ2v) is 8.69. The molecule has 0 spiro atoms. The molecule has 2 aromatic carbocycles. The topological polar surface area (TPSA) is 72.1 Å². The van der Waals surface area contributed by atoms with Crippen LogP contribution in [0.5, 0.6) is 0 Å². The number of furan rings is 1. The van der Waals surface area contributed by atoms with E-state index in [1.807, 2.05) is 13.0 Å². The van der Waals surface area contributed by atoms with Gasteiger partial charge >= 0.3 is 5.97 Å². The Morgan fingerprint density at radius 2 is 1.97 bits per heavy atom. The van der Waals surface area contributed by atoms with Gasteiger partial charge in [0.05, 0.1) is 33.3 Å². The van der Waals surface area contributed by atoms with Crippen LogP contribution >= 0.6 is 35.0 Å². The summed E-state index contributed by atoms with van der Waals surface area (Å²) >= 11 is 13.6. The summed E-state index contributed by atoms with van der Waals surface area (Å²) in [6.07, 6.45) is 1.67. The van der Waals surface area contributed by atoms with Gasteiger partial charge in [-0.25, -0.2) is 9.79 Å². The summed E-state index contributed by atoms with van der Waals surface area (Å²) in [4.78, 5) is 31.4. The van der Waals surface area contributed by atoms with E-state index in [-0.39, 0.29) is 5.91 Å². The number of hydrogen-bond donors (Lipinski definition) is 0. The van der Waals surface area contributed by atoms with Crippen LogP contribution in [0, 0.1) is 0 Å². The number of amidine groups is 1. The number of nitrogens with zero attached hydrogens (tertiary/aromatic N) is 2. The minimum atomic E-state index is -0.450. The van der Waals surface area contributed by atoms with Crippen molar-refractivity contribution >= 4 is 63.8 Å². The number of esters is 1. The third-order valence-corrected chi connectivity index (χ3v) is 6.64. The maximum absolute atomic E-state index is 12.9. The molecule has 1 amide bonds. The largest absolute Gasteiger partial charge is 0.465 e. The SMILES string of the molecule is CCN1C(=O)C(=Cc2ccc(-c3cccc(Cl)c3Cl)o2)SC1=Nc1cccc(C(=O)OC)c1. The Morgan fingerprint density at radius 1 is 1.18 bits per heavy atom. The zero-order valence-electron chi connectivity index (χ0n) is 17.7. The van der Waals surface area contributed by atoms with Crippen LogP contribution in [0.3, 0.4) is 0 Å². The summed E-state index contributed by atoms with van der Waals surface area (Å²) < 4.78 is 10.7. The zero-order chi connectivity index (χ0) is 23.5. The molecule has 33 heavy (non-hydrogen) atoms. The van der Waals surface area contributed by atoms with E-state index in [2.05, 4.69) is 4.99 Å². The first-order valence-corrected chi connectivity index (χ1v) is 11.5. The van der Waals surface area contributed by atoms with Crippen LogP contribution in [0.15, 0.2) is 68.9 Å². The van der Waals surface area contributed by atoms with Crippen LogP contribution in [-0.2, 0) is 9.53 Å². The molecular weight excluding hydrogens is 483 g/mol. The number of amides is 1. The van der Waals surface area contributed by atoms with E-state index in [4.69, 9.17) is 32.4 Å². The van der Waals surface area contributed by atoms with Crippen molar-refractivity contribution in [3.8, 4) is 11.3 Å². The lowest BCUT2D eigenvalue weighted by Gasteiger charge is -2.12. The minimum Gasteiger partial charge on any atom is -0.465 e. The second-order valence-electron chi connectivity index (χ2n) is 6.90. The number of aliphatic imine (C=N–C) groups is 1. The van der Waals surface area contributed by atoms with Gasteiger partial charge in [-0.2, -0.15) is 0 Å². The molecule has 9 heteroatoms. The van der Waals surface area contributed by atoms with E-state index in [1.54, 1.807) is 59.5 Å². The van der Waals surface area contributed by atoms with Gasteiger partial charge in [-0.05, 0) is 61.2 Å². The highest BCUT2D eigenvalue weighted by molar-refractivity contribution is 8.18. The van der Waals surface area contributed by atoms with Gasteiger partial charge in [-0.1, -0.05) is 35.3 Å². The Morgan fingerprint density at radius 3 is 2.73 bits per heavy atom. The van der Waals surface area contributed by atoms with E-state index in [9.17, 15) is 9.59 Å². The minimum absolute atomic E-state index is 0.177. The Hall–Kier alpha value is -3.00. The van der Waals surface area contributed by atoms with Gasteiger partial charge in [-0.15, -0.1) is 0 Å². The van der Waals surface area contributed by atoms with Gasteiger partial charge in [-0.3, -0.25) is 9.69 Å². The highest BCUT2D eigenvalue weighted by atomic mass is 35.5. The van der Waals surface area contributed by atoms with Crippen LogP contribution in [0.2, 0.25) is 10.0 Å². The molecule has 0 aliphatic carbocycles. The van der Waals surface area contributed by atoms with Gasteiger partial charge in [0.2, 0.25) is 0 Å². The number of thioether (sulfide) groups is 1. The van der Waals surface area contributed by atoms with Crippen LogP contribution in [0.25, 0.3) is 17.4 Å². The molecule has 0 unspecified atom stereocenters. The molecule has 0 N–H and O–H groups in total. The van der Waals surface area contributed by atoms with E-state index >= 15 is 0 Å². The Kier molecular flexibility index (Phi) is 6.93. The molecule has 1 fully saturated rings. The third kappa shape index (κ3) is 4.85. The molecule has 1 aliphatic heterocycles. The van der Waals surface area contributed by atoms with Crippen molar-refractivity contribution in [3.05, 3.63) is 80.9 Å². The van der Waals surface area contributed by atoms with Crippen molar-refractivity contribution < 1.29 is 18.7 Å². The van der Waals surface area contributed by atoms with Gasteiger partial charge in [0.15, 0.2) is 5.17 Å². The Bertz CT molecular complexity index is 1300. The van der Waals surface area contributed by atoms with E-state index in [0.29, 0.717) is 55.0 Å². The number of likely N-dealkylation sites (N-methyl/N-ethyl adjacent to an activating group) is 1. The lowest BCUT2D eigenvalue weighted by atomic mass is 10.2. The molecule has 2 heterocycles. The van der Waals surface area contributed by atoms with Crippen molar-refractivity contribution in [1.82, 2.24) is 4.90 Å². The predicted octanol–water partition coefficient (Wildman–Crippen LogP) is 6.66. The van der Waals surface area contributed by atoms with E-state index in [0.717, 1.165) is 0 Å². The fourth-order valence-electron chi connectivity index (χ4n) is 3.20. The van der Waals surface area contributed by atoms with Crippen LogP contribution < -0.4 is 0 Å². The first-order valence-electron chi connectivity index (χ1n) is 9.94. The number of halogens is 2. The number of methoxy groups -OCH3 is 1. The average molecular weight is 501 g/mol. The summed E-state index contributed by atoms with van der Waals surface area (Å²) in [5.74, 6) is 0.421. The number of ether oxygens (including phenoxy) is 1. The molecule has 0 atom stereocenters. The lowest BCUT2D eigenvalue weighted by molar-refractivity contribution is -0.122. The van der Waals surface area contributed by atoms with Crippen molar-refractivity contribution in [2.24, 2.45) is 4.99 Å². The standard InChI is InChI=1S/C24H18Cl2N2O4S/c1-3-28-22(29)20(33-24(28)27-15-7-4-6-14(12-15)23(30)31-2)13-16-10-11-19(32-16)17-8-5-9-18(25)21(17)26/h4-13H,3H2,1-2H3. The maximum atomic E-state index is 12.9. The Labute approximate surface area is 204 Å². The monoisotopic (exact) mass is 500 g/mol. The van der Waals surface area contributed by atoms with Gasteiger partial charge < -0.3 is 9.15 Å². The van der Waals surface area contributed by atoms with E-state index < -0.39 is 5.97 Å². The molecular formula is C24H18Cl2N2O4S. The van der Waals surface area contributed by atoms with Crippen LogP contribution in [0.4, 0.5) is 5.69 Å². The first-order chi connectivity index (χ1) is 15.9. The second kappa shape index (κ2) is 9.87. The number of rotatable bonds is 5. The van der Waals surface area contributed by atoms with Crippen molar-refractivity contribution in [1.29, 1.82) is 0 Å². The molecule has 6 nitrogen and oxygen atoms in total. The summed E-state index contributed by atoms with van der Waals surface area (Å²) in [6.45, 7) is 2.31. The molecule has 0 radical (unpaired) electrons. The van der Waals surface area contributed by atoms with Crippen LogP contribution in [0.1, 0.15) is 23.0 Å². The fourth-order valence-corrected chi connectivity index (χ4v) is 4.64. The van der Waals surface area contributed by atoms with Gasteiger partial charge in [0.25, 0.3) is 5.91 Å². The first kappa shape index (κ1) is 23.2. The Balaban J connectivity index is 1.62. The molecule has 1 saturated heterocycles. The number of carbonyl (C=O) groups is 2. The summed E-state index contributed by atoms with van der Waals surface area (Å²) in [5, 5.41) is 1.35. The molecule has 168 valence electrons. The fraction of sp³-hybridized carbons (Fsp3) is 0.125. The number of hydrogen-bond acceptors (Lipinski definition) is 6. The summed E-state index contributed by atoms with van der Waals surface area (Å²) in [5.41, 5.74) is 1.60. The molecule has 0 saturated carbocycles. The predicted molar refractivity (Wildman–Crippen MR) is 132 cm³/mol. The lowest BCUT2D eigenvalue weighted by Crippen LogP contribution is -2.28. The van der Waals surface area contributed by atoms with Crippen molar-refractivity contribution in [2.45, 2.75) is 6.92 Å². The molecule has 0 bridgehead atoms. The number of carbonyl (C=O) groups excluding carboxylic acids is 2. The number of benzene rings is 2. The summed E-state index contributed by atoms with van der Waals surface area (Å²) in [6, 6.07) is 15.6. The summed E-state index contributed by atoms with van der Waals surface area (Å²) in [7, 11) is 1.32. The molecule has 4 rings (SSSR count). The van der Waals surface area contributed by atoms with Gasteiger partial charge in [0.1, 0.15) is 11.5 Å².